The Morgan fingerprint density at radius 2 is 1.17 bits per heavy atom. The maximum atomic E-state index is 9.51. The van der Waals surface area contributed by atoms with Gasteiger partial charge in [0.1, 0.15) is 0 Å². The third kappa shape index (κ3) is 11.3. The normalized spacial score (nSPS) is 14.7. The van der Waals surface area contributed by atoms with E-state index >= 15 is 0 Å². The topological polar surface area (TPSA) is 40.5 Å². The Morgan fingerprint density at radius 3 is 1.61 bits per heavy atom. The highest BCUT2D eigenvalue weighted by Crippen LogP contribution is 2.13. The maximum absolute atomic E-state index is 9.51. The highest BCUT2D eigenvalue weighted by Gasteiger charge is 2.13. The summed E-state index contributed by atoms with van der Waals surface area (Å²) in [6.07, 6.45) is 12.1. The van der Waals surface area contributed by atoms with Crippen molar-refractivity contribution in [3.8, 4) is 0 Å². The summed E-state index contributed by atoms with van der Waals surface area (Å²) >= 11 is 5.47. The van der Waals surface area contributed by atoms with E-state index < -0.39 is 12.2 Å². The summed E-state index contributed by atoms with van der Waals surface area (Å²) < 4.78 is 0. The van der Waals surface area contributed by atoms with E-state index in [0.717, 1.165) is 12.8 Å². The highest BCUT2D eigenvalue weighted by atomic mass is 35.5. The number of rotatable bonds is 13. The molecule has 0 saturated carbocycles. The molecule has 18 heavy (non-hydrogen) atoms. The van der Waals surface area contributed by atoms with Crippen LogP contribution >= 0.6 is 11.6 Å². The van der Waals surface area contributed by atoms with Gasteiger partial charge < -0.3 is 10.2 Å². The second-order valence-corrected chi connectivity index (χ2v) is 5.57. The van der Waals surface area contributed by atoms with Gasteiger partial charge in [0, 0.05) is 0 Å². The summed E-state index contributed by atoms with van der Waals surface area (Å²) in [4.78, 5) is 0. The molecule has 0 bridgehead atoms. The van der Waals surface area contributed by atoms with Crippen LogP contribution in [0, 0.1) is 0 Å². The molecule has 0 aromatic rings. The van der Waals surface area contributed by atoms with Gasteiger partial charge in [-0.3, -0.25) is 0 Å². The Morgan fingerprint density at radius 1 is 0.722 bits per heavy atom. The second kappa shape index (κ2) is 13.6. The Labute approximate surface area is 118 Å². The standard InChI is InChI=1S/C15H31ClO2/c1-2-3-4-5-6-7-8-9-10-11-12-14(17)15(18)13-16/h14-15,17-18H,2-13H2,1H3/t14-,15-/m0/s1. The van der Waals surface area contributed by atoms with Crippen LogP contribution in [-0.2, 0) is 0 Å². The van der Waals surface area contributed by atoms with Gasteiger partial charge in [0.15, 0.2) is 0 Å². The predicted molar refractivity (Wildman–Crippen MR) is 79.2 cm³/mol. The van der Waals surface area contributed by atoms with Gasteiger partial charge in [-0.2, -0.15) is 0 Å². The van der Waals surface area contributed by atoms with E-state index in [1.807, 2.05) is 0 Å². The molecular formula is C15H31ClO2. The van der Waals surface area contributed by atoms with Gasteiger partial charge in [-0.1, -0.05) is 71.1 Å². The quantitative estimate of drug-likeness (QED) is 0.390. The van der Waals surface area contributed by atoms with Crippen molar-refractivity contribution in [1.82, 2.24) is 0 Å². The van der Waals surface area contributed by atoms with Crippen LogP contribution in [-0.4, -0.2) is 28.3 Å². The van der Waals surface area contributed by atoms with Crippen LogP contribution < -0.4 is 0 Å². The van der Waals surface area contributed by atoms with E-state index in [-0.39, 0.29) is 5.88 Å². The summed E-state index contributed by atoms with van der Waals surface area (Å²) in [6.45, 7) is 2.25. The lowest BCUT2D eigenvalue weighted by molar-refractivity contribution is 0.0267. The lowest BCUT2D eigenvalue weighted by Gasteiger charge is -2.14. The Kier molecular flexibility index (Phi) is 13.8. The monoisotopic (exact) mass is 278 g/mol. The van der Waals surface area contributed by atoms with E-state index in [1.165, 1.54) is 51.4 Å². The van der Waals surface area contributed by atoms with Crippen LogP contribution in [0.4, 0.5) is 0 Å². The number of unbranched alkanes of at least 4 members (excludes halogenated alkanes) is 9. The molecule has 0 heterocycles. The highest BCUT2D eigenvalue weighted by molar-refractivity contribution is 6.18. The summed E-state index contributed by atoms with van der Waals surface area (Å²) in [7, 11) is 0. The molecule has 0 saturated heterocycles. The molecule has 0 fully saturated rings. The summed E-state index contributed by atoms with van der Waals surface area (Å²) in [5, 5.41) is 18.8. The molecule has 110 valence electrons. The second-order valence-electron chi connectivity index (χ2n) is 5.26. The summed E-state index contributed by atoms with van der Waals surface area (Å²) in [6, 6.07) is 0. The van der Waals surface area contributed by atoms with Gasteiger partial charge in [-0.05, 0) is 6.42 Å². The van der Waals surface area contributed by atoms with Gasteiger partial charge in [0.25, 0.3) is 0 Å². The van der Waals surface area contributed by atoms with E-state index in [1.54, 1.807) is 0 Å². The van der Waals surface area contributed by atoms with Crippen molar-refractivity contribution in [3.63, 3.8) is 0 Å². The van der Waals surface area contributed by atoms with Crippen LogP contribution in [0.15, 0.2) is 0 Å². The zero-order valence-electron chi connectivity index (χ0n) is 11.9. The zero-order valence-corrected chi connectivity index (χ0v) is 12.7. The molecule has 3 heteroatoms. The minimum Gasteiger partial charge on any atom is -0.390 e. The van der Waals surface area contributed by atoms with Gasteiger partial charge in [0.2, 0.25) is 0 Å². The molecule has 0 radical (unpaired) electrons. The Balaban J connectivity index is 3.11. The molecule has 0 unspecified atom stereocenters. The van der Waals surface area contributed by atoms with Gasteiger partial charge >= 0.3 is 0 Å². The maximum Gasteiger partial charge on any atom is 0.0933 e. The smallest absolute Gasteiger partial charge is 0.0933 e. The minimum absolute atomic E-state index is 0.124. The molecule has 0 rings (SSSR count). The van der Waals surface area contributed by atoms with E-state index in [0.29, 0.717) is 6.42 Å². The third-order valence-corrected chi connectivity index (χ3v) is 3.77. The number of hydrogen-bond donors (Lipinski definition) is 2. The van der Waals surface area contributed by atoms with Crippen molar-refractivity contribution in [2.45, 2.75) is 89.8 Å². The number of alkyl halides is 1. The van der Waals surface area contributed by atoms with Gasteiger partial charge in [-0.15, -0.1) is 11.6 Å². The van der Waals surface area contributed by atoms with Crippen LogP contribution in [0.1, 0.15) is 77.6 Å². The number of aliphatic hydroxyl groups excluding tert-OH is 2. The lowest BCUT2D eigenvalue weighted by Crippen LogP contribution is -2.27. The molecule has 0 amide bonds. The number of halogens is 1. The molecule has 2 N–H and O–H groups in total. The Hall–Kier alpha value is 0.210. The summed E-state index contributed by atoms with van der Waals surface area (Å²) in [5.41, 5.74) is 0. The fraction of sp³-hybridized carbons (Fsp3) is 1.00. The average molecular weight is 279 g/mol. The fourth-order valence-electron chi connectivity index (χ4n) is 2.14. The van der Waals surface area contributed by atoms with Crippen molar-refractivity contribution < 1.29 is 10.2 Å². The van der Waals surface area contributed by atoms with Crippen molar-refractivity contribution >= 4 is 11.6 Å². The van der Waals surface area contributed by atoms with E-state index in [4.69, 9.17) is 11.6 Å². The largest absolute Gasteiger partial charge is 0.390 e. The van der Waals surface area contributed by atoms with Crippen LogP contribution in [0.25, 0.3) is 0 Å². The Bertz CT molecular complexity index is 165. The van der Waals surface area contributed by atoms with E-state index in [9.17, 15) is 10.2 Å². The zero-order chi connectivity index (χ0) is 13.6. The molecule has 0 spiro atoms. The summed E-state index contributed by atoms with van der Waals surface area (Å²) in [5.74, 6) is 0.124. The molecule has 0 aromatic heterocycles. The van der Waals surface area contributed by atoms with Crippen LogP contribution in [0.5, 0.6) is 0 Å². The van der Waals surface area contributed by atoms with Crippen molar-refractivity contribution in [1.29, 1.82) is 0 Å². The molecule has 0 aliphatic heterocycles. The first-order valence-corrected chi connectivity index (χ1v) is 8.18. The van der Waals surface area contributed by atoms with E-state index in [2.05, 4.69) is 6.92 Å². The number of aliphatic hydroxyl groups is 2. The molecular weight excluding hydrogens is 248 g/mol. The third-order valence-electron chi connectivity index (χ3n) is 3.46. The fourth-order valence-corrected chi connectivity index (χ4v) is 2.34. The van der Waals surface area contributed by atoms with Crippen molar-refractivity contribution in [3.05, 3.63) is 0 Å². The predicted octanol–water partition coefficient (Wildman–Crippen LogP) is 4.26. The molecule has 0 aromatic carbocycles. The average Bonchev–Trinajstić information content (AvgIpc) is 2.39. The first kappa shape index (κ1) is 18.2. The molecule has 0 aliphatic rings. The van der Waals surface area contributed by atoms with Crippen LogP contribution in [0.3, 0.4) is 0 Å². The molecule has 2 atom stereocenters. The van der Waals surface area contributed by atoms with Crippen molar-refractivity contribution in [2.24, 2.45) is 0 Å². The van der Waals surface area contributed by atoms with Gasteiger partial charge in [0.05, 0.1) is 18.1 Å². The number of hydrogen-bond acceptors (Lipinski definition) is 2. The van der Waals surface area contributed by atoms with Crippen LogP contribution in [0.2, 0.25) is 0 Å². The SMILES string of the molecule is CCCCCCCCCCCC[C@H](O)[C@@H](O)CCl. The first-order valence-electron chi connectivity index (χ1n) is 7.64. The van der Waals surface area contributed by atoms with Gasteiger partial charge in [-0.25, -0.2) is 0 Å². The first-order chi connectivity index (χ1) is 8.72. The lowest BCUT2D eigenvalue weighted by atomic mass is 10.0. The van der Waals surface area contributed by atoms with Crippen molar-refractivity contribution in [2.75, 3.05) is 5.88 Å². The molecule has 2 nitrogen and oxygen atoms in total. The minimum atomic E-state index is -0.759. The molecule has 0 aliphatic carbocycles.